The van der Waals surface area contributed by atoms with Crippen LogP contribution >= 0.6 is 0 Å². The van der Waals surface area contributed by atoms with E-state index in [2.05, 4.69) is 10.6 Å². The van der Waals surface area contributed by atoms with E-state index in [0.717, 1.165) is 19.3 Å². The van der Waals surface area contributed by atoms with Crippen molar-refractivity contribution >= 4 is 5.91 Å². The average molecular weight is 186 g/mol. The normalized spacial score (nSPS) is 27.5. The molecule has 1 aliphatic carbocycles. The summed E-state index contributed by atoms with van der Waals surface area (Å²) in [7, 11) is 3.39. The summed E-state index contributed by atoms with van der Waals surface area (Å²) in [5.41, 5.74) is 0. The minimum Gasteiger partial charge on any atom is -0.381 e. The third kappa shape index (κ3) is 3.32. The quantitative estimate of drug-likeness (QED) is 0.644. The minimum atomic E-state index is 0.0425. The molecule has 4 heteroatoms. The van der Waals surface area contributed by atoms with E-state index in [4.69, 9.17) is 4.74 Å². The van der Waals surface area contributed by atoms with Gasteiger partial charge in [0.25, 0.3) is 0 Å². The Bertz CT molecular complexity index is 173. The number of methoxy groups -OCH3 is 1. The Labute approximate surface area is 79.0 Å². The van der Waals surface area contributed by atoms with Gasteiger partial charge in [0.15, 0.2) is 0 Å². The molecule has 2 unspecified atom stereocenters. The molecule has 4 nitrogen and oxygen atoms in total. The van der Waals surface area contributed by atoms with Gasteiger partial charge in [0.2, 0.25) is 5.91 Å². The van der Waals surface area contributed by atoms with Gasteiger partial charge in [0.1, 0.15) is 0 Å². The second-order valence-electron chi connectivity index (χ2n) is 3.42. The van der Waals surface area contributed by atoms with Gasteiger partial charge in [0.05, 0.1) is 12.6 Å². The fraction of sp³-hybridized carbons (Fsp3) is 0.889. The first-order chi connectivity index (χ1) is 6.26. The topological polar surface area (TPSA) is 50.4 Å². The zero-order valence-corrected chi connectivity index (χ0v) is 8.30. The maximum absolute atomic E-state index is 10.9. The number of rotatable bonds is 4. The van der Waals surface area contributed by atoms with Crippen LogP contribution in [0.5, 0.6) is 0 Å². The molecule has 2 N–H and O–H groups in total. The highest BCUT2D eigenvalue weighted by molar-refractivity contribution is 5.77. The Kier molecular flexibility index (Phi) is 4.18. The van der Waals surface area contributed by atoms with Crippen molar-refractivity contribution in [2.24, 2.45) is 0 Å². The van der Waals surface area contributed by atoms with E-state index in [1.807, 2.05) is 0 Å². The van der Waals surface area contributed by atoms with Crippen molar-refractivity contribution in [3.63, 3.8) is 0 Å². The lowest BCUT2D eigenvalue weighted by Crippen LogP contribution is -2.36. The molecule has 0 heterocycles. The van der Waals surface area contributed by atoms with Gasteiger partial charge in [-0.1, -0.05) is 0 Å². The average Bonchev–Trinajstić information content (AvgIpc) is 2.61. The van der Waals surface area contributed by atoms with E-state index in [9.17, 15) is 4.79 Å². The third-order valence-corrected chi connectivity index (χ3v) is 2.55. The standard InChI is InChI=1S/C9H18N2O2/c1-10-9(12)6-11-7-3-4-8(5-7)13-2/h7-8,11H,3-6H2,1-2H3,(H,10,12). The number of nitrogens with one attached hydrogen (secondary N) is 2. The summed E-state index contributed by atoms with van der Waals surface area (Å²) in [6, 6.07) is 0.447. The van der Waals surface area contributed by atoms with E-state index >= 15 is 0 Å². The van der Waals surface area contributed by atoms with E-state index in [1.165, 1.54) is 0 Å². The van der Waals surface area contributed by atoms with Crippen LogP contribution in [0.1, 0.15) is 19.3 Å². The first kappa shape index (κ1) is 10.5. The van der Waals surface area contributed by atoms with Crippen molar-refractivity contribution in [3.8, 4) is 0 Å². The molecule has 1 fully saturated rings. The highest BCUT2D eigenvalue weighted by atomic mass is 16.5. The molecule has 1 aliphatic rings. The van der Waals surface area contributed by atoms with Crippen LogP contribution in [-0.2, 0) is 9.53 Å². The Morgan fingerprint density at radius 3 is 2.85 bits per heavy atom. The molecular formula is C9H18N2O2. The first-order valence-corrected chi connectivity index (χ1v) is 4.73. The van der Waals surface area contributed by atoms with Crippen LogP contribution in [0.3, 0.4) is 0 Å². The summed E-state index contributed by atoms with van der Waals surface area (Å²) < 4.78 is 5.23. The van der Waals surface area contributed by atoms with Crippen molar-refractivity contribution in [3.05, 3.63) is 0 Å². The number of ether oxygens (including phenoxy) is 1. The number of hydrogen-bond donors (Lipinski definition) is 2. The Morgan fingerprint density at radius 2 is 2.31 bits per heavy atom. The number of carbonyl (C=O) groups is 1. The highest BCUT2D eigenvalue weighted by Crippen LogP contribution is 2.20. The lowest BCUT2D eigenvalue weighted by atomic mass is 10.2. The van der Waals surface area contributed by atoms with Crippen molar-refractivity contribution in [1.29, 1.82) is 0 Å². The molecule has 0 aromatic carbocycles. The van der Waals surface area contributed by atoms with Gasteiger partial charge in [-0.3, -0.25) is 4.79 Å². The van der Waals surface area contributed by atoms with Crippen molar-refractivity contribution in [2.75, 3.05) is 20.7 Å². The molecular weight excluding hydrogens is 168 g/mol. The molecule has 0 aromatic rings. The molecule has 2 atom stereocenters. The van der Waals surface area contributed by atoms with Gasteiger partial charge in [-0.15, -0.1) is 0 Å². The molecule has 0 aliphatic heterocycles. The molecule has 76 valence electrons. The maximum Gasteiger partial charge on any atom is 0.233 e. The molecule has 0 saturated heterocycles. The van der Waals surface area contributed by atoms with Crippen LogP contribution in [0, 0.1) is 0 Å². The minimum absolute atomic E-state index is 0.0425. The second-order valence-corrected chi connectivity index (χ2v) is 3.42. The van der Waals surface area contributed by atoms with Crippen molar-refractivity contribution in [1.82, 2.24) is 10.6 Å². The monoisotopic (exact) mass is 186 g/mol. The first-order valence-electron chi connectivity index (χ1n) is 4.73. The van der Waals surface area contributed by atoms with Gasteiger partial charge < -0.3 is 15.4 Å². The van der Waals surface area contributed by atoms with Crippen LogP contribution in [0.15, 0.2) is 0 Å². The smallest absolute Gasteiger partial charge is 0.233 e. The van der Waals surface area contributed by atoms with Gasteiger partial charge >= 0.3 is 0 Å². The fourth-order valence-corrected chi connectivity index (χ4v) is 1.67. The molecule has 1 saturated carbocycles. The van der Waals surface area contributed by atoms with Crippen molar-refractivity contribution < 1.29 is 9.53 Å². The summed E-state index contributed by atoms with van der Waals surface area (Å²) in [5, 5.41) is 5.79. The fourth-order valence-electron chi connectivity index (χ4n) is 1.67. The van der Waals surface area contributed by atoms with Crippen molar-refractivity contribution in [2.45, 2.75) is 31.4 Å². The predicted octanol–water partition coefficient (Wildman–Crippen LogP) is -0.111. The van der Waals surface area contributed by atoms with Crippen LogP contribution in [0.2, 0.25) is 0 Å². The number of amides is 1. The van der Waals surface area contributed by atoms with Crippen LogP contribution < -0.4 is 10.6 Å². The zero-order chi connectivity index (χ0) is 9.68. The number of carbonyl (C=O) groups excluding carboxylic acids is 1. The van der Waals surface area contributed by atoms with E-state index in [0.29, 0.717) is 18.7 Å². The summed E-state index contributed by atoms with van der Waals surface area (Å²) in [4.78, 5) is 10.9. The van der Waals surface area contributed by atoms with Gasteiger partial charge in [0, 0.05) is 20.2 Å². The molecule has 1 rings (SSSR count). The highest BCUT2D eigenvalue weighted by Gasteiger charge is 2.23. The summed E-state index contributed by atoms with van der Waals surface area (Å²) in [5.74, 6) is 0.0425. The zero-order valence-electron chi connectivity index (χ0n) is 8.30. The molecule has 0 aromatic heterocycles. The Balaban J connectivity index is 2.13. The molecule has 0 spiro atoms. The van der Waals surface area contributed by atoms with Gasteiger partial charge in [-0.25, -0.2) is 0 Å². The lowest BCUT2D eigenvalue weighted by molar-refractivity contribution is -0.119. The third-order valence-electron chi connectivity index (χ3n) is 2.55. The van der Waals surface area contributed by atoms with Gasteiger partial charge in [-0.2, -0.15) is 0 Å². The summed E-state index contributed by atoms with van der Waals surface area (Å²) in [6.45, 7) is 0.414. The van der Waals surface area contributed by atoms with Crippen LogP contribution in [-0.4, -0.2) is 38.8 Å². The Morgan fingerprint density at radius 1 is 1.54 bits per heavy atom. The Hall–Kier alpha value is -0.610. The number of hydrogen-bond acceptors (Lipinski definition) is 3. The van der Waals surface area contributed by atoms with Crippen LogP contribution in [0.25, 0.3) is 0 Å². The molecule has 0 bridgehead atoms. The summed E-state index contributed by atoms with van der Waals surface area (Å²) >= 11 is 0. The number of likely N-dealkylation sites (N-methyl/N-ethyl adjacent to an activating group) is 1. The van der Waals surface area contributed by atoms with E-state index in [1.54, 1.807) is 14.2 Å². The second kappa shape index (κ2) is 5.19. The van der Waals surface area contributed by atoms with Gasteiger partial charge in [-0.05, 0) is 19.3 Å². The SMILES string of the molecule is CNC(=O)CNC1CCC(OC)C1. The van der Waals surface area contributed by atoms with E-state index in [-0.39, 0.29) is 5.91 Å². The maximum atomic E-state index is 10.9. The lowest BCUT2D eigenvalue weighted by Gasteiger charge is -2.11. The molecule has 13 heavy (non-hydrogen) atoms. The van der Waals surface area contributed by atoms with E-state index < -0.39 is 0 Å². The largest absolute Gasteiger partial charge is 0.381 e. The van der Waals surface area contributed by atoms with Crippen LogP contribution in [0.4, 0.5) is 0 Å². The summed E-state index contributed by atoms with van der Waals surface area (Å²) in [6.07, 6.45) is 3.60. The predicted molar refractivity (Wildman–Crippen MR) is 50.5 cm³/mol. The molecule has 0 radical (unpaired) electrons. The molecule has 1 amide bonds.